The zero-order valence-electron chi connectivity index (χ0n) is 16.3. The maximum Gasteiger partial charge on any atom is 0.416 e. The van der Waals surface area contributed by atoms with Gasteiger partial charge < -0.3 is 4.90 Å². The van der Waals surface area contributed by atoms with Crippen molar-refractivity contribution in [2.24, 2.45) is 0 Å². The summed E-state index contributed by atoms with van der Waals surface area (Å²) >= 11 is 0. The lowest BCUT2D eigenvalue weighted by atomic mass is 10.1. The van der Waals surface area contributed by atoms with Gasteiger partial charge in [0.2, 0.25) is 10.0 Å². The molecule has 1 aliphatic rings. The predicted molar refractivity (Wildman–Crippen MR) is 104 cm³/mol. The molecule has 0 aromatic heterocycles. The average Bonchev–Trinajstić information content (AvgIpc) is 2.72. The average molecular weight is 457 g/mol. The lowest BCUT2D eigenvalue weighted by Gasteiger charge is -2.34. The van der Waals surface area contributed by atoms with E-state index in [-0.39, 0.29) is 42.3 Å². The fourth-order valence-electron chi connectivity index (χ4n) is 3.24. The third-order valence-electron chi connectivity index (χ3n) is 4.99. The number of rotatable bonds is 4. The zero-order valence-corrected chi connectivity index (χ0v) is 17.1. The molecule has 2 aromatic rings. The standard InChI is InChI=1S/C19H18F3N3O5S/c1-13-2-7-16(25(27)28)12-17(13)31(29,30)24-10-8-23(9-11-24)18(26)14-3-5-15(6-4-14)19(20,21)22/h2-7,12H,8-11H2,1H3. The Kier molecular flexibility index (Phi) is 6.05. The van der Waals surface area contributed by atoms with Gasteiger partial charge in [0, 0.05) is 43.9 Å². The Balaban J connectivity index is 1.72. The van der Waals surface area contributed by atoms with E-state index in [4.69, 9.17) is 0 Å². The molecule has 0 atom stereocenters. The van der Waals surface area contributed by atoms with Crippen molar-refractivity contribution in [1.82, 2.24) is 9.21 Å². The summed E-state index contributed by atoms with van der Waals surface area (Å²) in [5.41, 5.74) is -0.791. The van der Waals surface area contributed by atoms with Crippen molar-refractivity contribution in [3.8, 4) is 0 Å². The van der Waals surface area contributed by atoms with Gasteiger partial charge in [-0.1, -0.05) is 6.07 Å². The number of benzene rings is 2. The molecule has 3 rings (SSSR count). The van der Waals surface area contributed by atoms with E-state index in [2.05, 4.69) is 0 Å². The van der Waals surface area contributed by atoms with Crippen molar-refractivity contribution in [2.75, 3.05) is 26.2 Å². The van der Waals surface area contributed by atoms with E-state index in [9.17, 15) is 36.5 Å². The van der Waals surface area contributed by atoms with Gasteiger partial charge in [0.15, 0.2) is 0 Å². The molecule has 2 aromatic carbocycles. The molecule has 0 radical (unpaired) electrons. The minimum absolute atomic E-state index is 0.0348. The summed E-state index contributed by atoms with van der Waals surface area (Å²) in [7, 11) is -4.02. The molecule has 12 heteroatoms. The van der Waals surface area contributed by atoms with Crippen LogP contribution in [0.2, 0.25) is 0 Å². The smallest absolute Gasteiger partial charge is 0.336 e. The molecule has 0 saturated carbocycles. The van der Waals surface area contributed by atoms with Gasteiger partial charge in [-0.25, -0.2) is 8.42 Å². The lowest BCUT2D eigenvalue weighted by Crippen LogP contribution is -2.50. The summed E-state index contributed by atoms with van der Waals surface area (Å²) in [6, 6.07) is 7.38. The first-order valence-electron chi connectivity index (χ1n) is 9.13. The topological polar surface area (TPSA) is 101 Å². The highest BCUT2D eigenvalue weighted by Crippen LogP contribution is 2.29. The number of hydrogen-bond donors (Lipinski definition) is 0. The van der Waals surface area contributed by atoms with Crippen LogP contribution < -0.4 is 0 Å². The van der Waals surface area contributed by atoms with E-state index in [0.717, 1.165) is 34.6 Å². The number of amides is 1. The normalized spacial score (nSPS) is 15.7. The number of piperazine rings is 1. The molecule has 166 valence electrons. The molecular formula is C19H18F3N3O5S. The molecule has 0 unspecified atom stereocenters. The van der Waals surface area contributed by atoms with Gasteiger partial charge >= 0.3 is 6.18 Å². The highest BCUT2D eigenvalue weighted by atomic mass is 32.2. The summed E-state index contributed by atoms with van der Waals surface area (Å²) in [6.07, 6.45) is -4.51. The van der Waals surface area contributed by atoms with Crippen LogP contribution >= 0.6 is 0 Å². The van der Waals surface area contributed by atoms with Gasteiger partial charge in [-0.15, -0.1) is 0 Å². The van der Waals surface area contributed by atoms with Crippen molar-refractivity contribution in [1.29, 1.82) is 0 Å². The number of halogens is 3. The highest BCUT2D eigenvalue weighted by Gasteiger charge is 2.33. The minimum atomic E-state index is -4.51. The monoisotopic (exact) mass is 457 g/mol. The molecule has 0 N–H and O–H groups in total. The molecule has 0 bridgehead atoms. The summed E-state index contributed by atoms with van der Waals surface area (Å²) < 4.78 is 65.1. The second-order valence-corrected chi connectivity index (χ2v) is 8.88. The molecule has 1 saturated heterocycles. The number of aryl methyl sites for hydroxylation is 1. The summed E-state index contributed by atoms with van der Waals surface area (Å²) in [6.45, 7) is 1.51. The number of carbonyl (C=O) groups is 1. The molecular weight excluding hydrogens is 439 g/mol. The molecule has 31 heavy (non-hydrogen) atoms. The number of nitrogens with zero attached hydrogens (tertiary/aromatic N) is 3. The lowest BCUT2D eigenvalue weighted by molar-refractivity contribution is -0.385. The van der Waals surface area contributed by atoms with Crippen molar-refractivity contribution < 1.29 is 31.3 Å². The molecule has 0 spiro atoms. The Morgan fingerprint density at radius 2 is 1.61 bits per heavy atom. The Hall–Kier alpha value is -2.99. The summed E-state index contributed by atoms with van der Waals surface area (Å²) in [4.78, 5) is 24.0. The summed E-state index contributed by atoms with van der Waals surface area (Å²) in [5, 5.41) is 11.0. The molecule has 1 aliphatic heterocycles. The Morgan fingerprint density at radius 3 is 2.13 bits per heavy atom. The molecule has 0 aliphatic carbocycles. The van der Waals surface area contributed by atoms with Gasteiger partial charge in [-0.05, 0) is 36.8 Å². The number of hydrogen-bond acceptors (Lipinski definition) is 5. The van der Waals surface area contributed by atoms with Gasteiger partial charge in [0.25, 0.3) is 11.6 Å². The number of sulfonamides is 1. The van der Waals surface area contributed by atoms with Crippen LogP contribution in [0.25, 0.3) is 0 Å². The highest BCUT2D eigenvalue weighted by molar-refractivity contribution is 7.89. The number of nitro benzene ring substituents is 1. The van der Waals surface area contributed by atoms with Crippen LogP contribution in [0.5, 0.6) is 0 Å². The van der Waals surface area contributed by atoms with Crippen molar-refractivity contribution >= 4 is 21.6 Å². The number of non-ortho nitro benzene ring substituents is 1. The van der Waals surface area contributed by atoms with Gasteiger partial charge in [-0.3, -0.25) is 14.9 Å². The number of nitro groups is 1. The van der Waals surface area contributed by atoms with Gasteiger partial charge in [-0.2, -0.15) is 17.5 Å². The first-order valence-corrected chi connectivity index (χ1v) is 10.6. The second-order valence-electron chi connectivity index (χ2n) is 6.98. The number of carbonyl (C=O) groups excluding carboxylic acids is 1. The maximum absolute atomic E-state index is 13.0. The molecule has 1 amide bonds. The largest absolute Gasteiger partial charge is 0.416 e. The Bertz CT molecular complexity index is 1110. The van der Waals surface area contributed by atoms with Crippen LogP contribution in [-0.2, 0) is 16.2 Å². The molecule has 8 nitrogen and oxygen atoms in total. The molecule has 1 heterocycles. The van der Waals surface area contributed by atoms with E-state index in [1.54, 1.807) is 0 Å². The van der Waals surface area contributed by atoms with E-state index in [1.807, 2.05) is 0 Å². The van der Waals surface area contributed by atoms with Crippen molar-refractivity contribution in [3.05, 3.63) is 69.3 Å². The fraction of sp³-hybridized carbons (Fsp3) is 0.316. The van der Waals surface area contributed by atoms with Crippen LogP contribution in [0.1, 0.15) is 21.5 Å². The van der Waals surface area contributed by atoms with Crippen LogP contribution in [0.4, 0.5) is 18.9 Å². The summed E-state index contributed by atoms with van der Waals surface area (Å²) in [5.74, 6) is -0.502. The van der Waals surface area contributed by atoms with Crippen LogP contribution in [0.15, 0.2) is 47.4 Å². The first kappa shape index (κ1) is 22.7. The third-order valence-corrected chi connectivity index (χ3v) is 7.03. The van der Waals surface area contributed by atoms with E-state index < -0.39 is 32.6 Å². The SMILES string of the molecule is Cc1ccc([N+](=O)[O-])cc1S(=O)(=O)N1CCN(C(=O)c2ccc(C(F)(F)F)cc2)CC1. The van der Waals surface area contributed by atoms with Gasteiger partial charge in [0.1, 0.15) is 0 Å². The van der Waals surface area contributed by atoms with Crippen molar-refractivity contribution in [2.45, 2.75) is 18.0 Å². The van der Waals surface area contributed by atoms with Crippen LogP contribution in [0, 0.1) is 17.0 Å². The third kappa shape index (κ3) is 4.69. The zero-order chi connectivity index (χ0) is 23.0. The predicted octanol–water partition coefficient (Wildman–Crippen LogP) is 3.07. The Morgan fingerprint density at radius 1 is 1.03 bits per heavy atom. The Labute approximate surface area is 176 Å². The van der Waals surface area contributed by atoms with Gasteiger partial charge in [0.05, 0.1) is 15.4 Å². The van der Waals surface area contributed by atoms with E-state index in [0.29, 0.717) is 5.56 Å². The number of alkyl halides is 3. The quantitative estimate of drug-likeness (QED) is 0.519. The fourth-order valence-corrected chi connectivity index (χ4v) is 4.90. The first-order chi connectivity index (χ1) is 14.4. The van der Waals surface area contributed by atoms with Crippen LogP contribution in [-0.4, -0.2) is 54.6 Å². The van der Waals surface area contributed by atoms with Crippen LogP contribution in [0.3, 0.4) is 0 Å². The maximum atomic E-state index is 13.0. The van der Waals surface area contributed by atoms with E-state index >= 15 is 0 Å². The second kappa shape index (κ2) is 8.27. The minimum Gasteiger partial charge on any atom is -0.336 e. The van der Waals surface area contributed by atoms with Crippen molar-refractivity contribution in [3.63, 3.8) is 0 Å². The van der Waals surface area contributed by atoms with E-state index in [1.165, 1.54) is 24.0 Å². The molecule has 1 fully saturated rings.